The number of esters is 1. The number of rotatable bonds is 5. The molecule has 1 N–H and O–H groups in total. The predicted octanol–water partition coefficient (Wildman–Crippen LogP) is 0.590. The average molecular weight is 337 g/mol. The van der Waals surface area contributed by atoms with Gasteiger partial charge in [0.1, 0.15) is 18.9 Å². The second-order valence-electron chi connectivity index (χ2n) is 5.25. The Bertz CT molecular complexity index is 693. The van der Waals surface area contributed by atoms with E-state index in [9.17, 15) is 23.6 Å². The van der Waals surface area contributed by atoms with Crippen LogP contribution in [-0.2, 0) is 19.1 Å². The summed E-state index contributed by atoms with van der Waals surface area (Å²) in [7, 11) is 1.43. The topological polar surface area (TPSA) is 96.0 Å². The maximum atomic E-state index is 13.1. The summed E-state index contributed by atoms with van der Waals surface area (Å²) < 4.78 is 18.0. The second kappa shape index (κ2) is 7.07. The normalized spacial score (nSPS) is 15.5. The van der Waals surface area contributed by atoms with Crippen LogP contribution in [0.3, 0.4) is 0 Å². The van der Waals surface area contributed by atoms with E-state index >= 15 is 0 Å². The largest absolute Gasteiger partial charge is 0.451 e. The van der Waals surface area contributed by atoms with E-state index in [1.807, 2.05) is 0 Å². The monoisotopic (exact) mass is 337 g/mol. The van der Waals surface area contributed by atoms with Gasteiger partial charge in [-0.15, -0.1) is 0 Å². The number of hydrogen-bond donors (Lipinski definition) is 1. The predicted molar refractivity (Wildman–Crippen MR) is 80.3 cm³/mol. The molecular formula is C15H16FN3O5. The molecular weight excluding hydrogens is 321 g/mol. The summed E-state index contributed by atoms with van der Waals surface area (Å²) in [5, 5.41) is 2.39. The standard InChI is InChI=1S/C15H16FN3O5/c1-9(14(22)17-11-5-3-4-10(16)6-11)24-13(21)8-19-12(20)7-18(2)15(19)23/h3-6,9H,7-8H2,1-2H3,(H,17,22)/t9-/m1/s1. The zero-order chi connectivity index (χ0) is 17.9. The van der Waals surface area contributed by atoms with Crippen LogP contribution < -0.4 is 5.32 Å². The van der Waals surface area contributed by atoms with Gasteiger partial charge in [-0.2, -0.15) is 0 Å². The van der Waals surface area contributed by atoms with Gasteiger partial charge in [0.2, 0.25) is 0 Å². The number of hydrogen-bond acceptors (Lipinski definition) is 5. The summed E-state index contributed by atoms with van der Waals surface area (Å²) in [4.78, 5) is 48.8. The van der Waals surface area contributed by atoms with Crippen molar-refractivity contribution in [1.29, 1.82) is 0 Å². The quantitative estimate of drug-likeness (QED) is 0.627. The molecule has 1 aliphatic heterocycles. The Morgan fingerprint density at radius 3 is 2.67 bits per heavy atom. The molecule has 1 heterocycles. The fourth-order valence-electron chi connectivity index (χ4n) is 2.05. The molecule has 0 saturated carbocycles. The fraction of sp³-hybridized carbons (Fsp3) is 0.333. The minimum Gasteiger partial charge on any atom is -0.451 e. The molecule has 0 radical (unpaired) electrons. The number of nitrogens with one attached hydrogen (secondary N) is 1. The molecule has 24 heavy (non-hydrogen) atoms. The molecule has 8 nitrogen and oxygen atoms in total. The van der Waals surface area contributed by atoms with Crippen molar-refractivity contribution in [2.75, 3.05) is 25.5 Å². The first-order chi connectivity index (χ1) is 11.3. The summed E-state index contributed by atoms with van der Waals surface area (Å²) in [6.45, 7) is 0.646. The third-order valence-corrected chi connectivity index (χ3v) is 3.29. The van der Waals surface area contributed by atoms with Crippen LogP contribution >= 0.6 is 0 Å². The lowest BCUT2D eigenvalue weighted by atomic mass is 10.3. The molecule has 0 aliphatic carbocycles. The van der Waals surface area contributed by atoms with Gasteiger partial charge >= 0.3 is 12.0 Å². The molecule has 1 fully saturated rings. The van der Waals surface area contributed by atoms with E-state index in [4.69, 9.17) is 4.74 Å². The SMILES string of the molecule is C[C@@H](OC(=O)CN1C(=O)CN(C)C1=O)C(=O)Nc1cccc(F)c1. The first kappa shape index (κ1) is 17.4. The van der Waals surface area contributed by atoms with E-state index in [0.717, 1.165) is 15.9 Å². The molecule has 1 aromatic rings. The first-order valence-electron chi connectivity index (χ1n) is 7.09. The van der Waals surface area contributed by atoms with Crippen molar-refractivity contribution in [3.63, 3.8) is 0 Å². The van der Waals surface area contributed by atoms with Gasteiger partial charge in [0.25, 0.3) is 11.8 Å². The van der Waals surface area contributed by atoms with E-state index in [1.165, 1.54) is 32.2 Å². The maximum absolute atomic E-state index is 13.1. The Labute approximate surface area is 137 Å². The van der Waals surface area contributed by atoms with Gasteiger partial charge in [-0.3, -0.25) is 19.3 Å². The lowest BCUT2D eigenvalue weighted by molar-refractivity contribution is -0.154. The number of urea groups is 1. The zero-order valence-corrected chi connectivity index (χ0v) is 13.1. The fourth-order valence-corrected chi connectivity index (χ4v) is 2.05. The second-order valence-corrected chi connectivity index (χ2v) is 5.25. The Morgan fingerprint density at radius 1 is 1.38 bits per heavy atom. The minimum absolute atomic E-state index is 0.109. The maximum Gasteiger partial charge on any atom is 0.327 e. The van der Waals surface area contributed by atoms with Crippen LogP contribution in [0.25, 0.3) is 0 Å². The lowest BCUT2D eigenvalue weighted by Crippen LogP contribution is -2.39. The number of imide groups is 1. The minimum atomic E-state index is -1.17. The third-order valence-electron chi connectivity index (χ3n) is 3.29. The molecule has 0 aromatic heterocycles. The first-order valence-corrected chi connectivity index (χ1v) is 7.09. The van der Waals surface area contributed by atoms with E-state index in [1.54, 1.807) is 0 Å². The Balaban J connectivity index is 1.88. The van der Waals surface area contributed by atoms with Crippen molar-refractivity contribution in [2.24, 2.45) is 0 Å². The van der Waals surface area contributed by atoms with Crippen LogP contribution in [0, 0.1) is 5.82 Å². The number of ether oxygens (including phenoxy) is 1. The van der Waals surface area contributed by atoms with Crippen LogP contribution in [0.5, 0.6) is 0 Å². The molecule has 9 heteroatoms. The van der Waals surface area contributed by atoms with Crippen LogP contribution in [0.1, 0.15) is 6.92 Å². The van der Waals surface area contributed by atoms with E-state index in [2.05, 4.69) is 5.32 Å². The summed E-state index contributed by atoms with van der Waals surface area (Å²) in [6.07, 6.45) is -1.17. The molecule has 1 aromatic carbocycles. The number of amides is 4. The Hall–Kier alpha value is -2.97. The van der Waals surface area contributed by atoms with Crippen molar-refractivity contribution in [1.82, 2.24) is 9.80 Å². The highest BCUT2D eigenvalue weighted by atomic mass is 19.1. The number of anilines is 1. The molecule has 4 amide bonds. The summed E-state index contributed by atoms with van der Waals surface area (Å²) in [5.41, 5.74) is 0.217. The number of carbonyl (C=O) groups excluding carboxylic acids is 4. The van der Waals surface area contributed by atoms with Crippen LogP contribution in [-0.4, -0.2) is 59.9 Å². The summed E-state index contributed by atoms with van der Waals surface area (Å²) in [6, 6.07) is 4.63. The van der Waals surface area contributed by atoms with Gasteiger partial charge in [0.05, 0.1) is 0 Å². The van der Waals surface area contributed by atoms with Crippen molar-refractivity contribution >= 4 is 29.5 Å². The van der Waals surface area contributed by atoms with Gasteiger partial charge in [0, 0.05) is 12.7 Å². The molecule has 2 rings (SSSR count). The lowest BCUT2D eigenvalue weighted by Gasteiger charge is -2.16. The highest BCUT2D eigenvalue weighted by Crippen LogP contribution is 2.11. The molecule has 1 atom stereocenters. The molecule has 0 bridgehead atoms. The zero-order valence-electron chi connectivity index (χ0n) is 13.1. The van der Waals surface area contributed by atoms with Crippen molar-refractivity contribution < 1.29 is 28.3 Å². The van der Waals surface area contributed by atoms with E-state index < -0.39 is 42.3 Å². The number of likely N-dealkylation sites (N-methyl/N-ethyl adjacent to an activating group) is 1. The van der Waals surface area contributed by atoms with Gasteiger partial charge in [-0.25, -0.2) is 9.18 Å². The number of nitrogens with zero attached hydrogens (tertiary/aromatic N) is 2. The highest BCUT2D eigenvalue weighted by Gasteiger charge is 2.35. The van der Waals surface area contributed by atoms with Crippen molar-refractivity contribution in [3.8, 4) is 0 Å². The van der Waals surface area contributed by atoms with Gasteiger partial charge in [0.15, 0.2) is 6.10 Å². The Morgan fingerprint density at radius 2 is 2.08 bits per heavy atom. The molecule has 0 spiro atoms. The third kappa shape index (κ3) is 4.06. The summed E-state index contributed by atoms with van der Waals surface area (Å²) >= 11 is 0. The van der Waals surface area contributed by atoms with E-state index in [-0.39, 0.29) is 12.2 Å². The number of carbonyl (C=O) groups is 4. The van der Waals surface area contributed by atoms with Crippen LogP contribution in [0.2, 0.25) is 0 Å². The molecule has 1 saturated heterocycles. The average Bonchev–Trinajstić information content (AvgIpc) is 2.73. The molecule has 1 aliphatic rings. The number of halogens is 1. The van der Waals surface area contributed by atoms with E-state index in [0.29, 0.717) is 0 Å². The van der Waals surface area contributed by atoms with Crippen molar-refractivity contribution in [2.45, 2.75) is 13.0 Å². The van der Waals surface area contributed by atoms with Crippen molar-refractivity contribution in [3.05, 3.63) is 30.1 Å². The van der Waals surface area contributed by atoms with Gasteiger partial charge in [-0.05, 0) is 25.1 Å². The molecule has 0 unspecified atom stereocenters. The van der Waals surface area contributed by atoms with Gasteiger partial charge < -0.3 is 15.0 Å². The smallest absolute Gasteiger partial charge is 0.327 e. The number of benzene rings is 1. The summed E-state index contributed by atoms with van der Waals surface area (Å²) in [5.74, 6) is -2.59. The highest BCUT2D eigenvalue weighted by molar-refractivity contribution is 6.04. The van der Waals surface area contributed by atoms with Crippen LogP contribution in [0.15, 0.2) is 24.3 Å². The molecule has 128 valence electrons. The van der Waals surface area contributed by atoms with Gasteiger partial charge in [-0.1, -0.05) is 6.07 Å². The Kier molecular flexibility index (Phi) is 5.12. The van der Waals surface area contributed by atoms with Crippen LogP contribution in [0.4, 0.5) is 14.9 Å².